The van der Waals surface area contributed by atoms with Crippen molar-refractivity contribution >= 4 is 11.9 Å². The summed E-state index contributed by atoms with van der Waals surface area (Å²) in [6, 6.07) is 0.319. The number of carboxylic acid groups (broad SMARTS) is 1. The number of carboxylic acids is 1. The molecule has 0 unspecified atom stereocenters. The molecule has 0 saturated heterocycles. The van der Waals surface area contributed by atoms with E-state index in [0.717, 1.165) is 12.8 Å². The lowest BCUT2D eigenvalue weighted by atomic mass is 10.5. The zero-order valence-corrected chi connectivity index (χ0v) is 8.01. The van der Waals surface area contributed by atoms with Gasteiger partial charge in [0.2, 0.25) is 5.91 Å². The fourth-order valence-corrected chi connectivity index (χ4v) is 1.22. The Kier molecular flexibility index (Phi) is 2.40. The minimum absolute atomic E-state index is 0.0470. The molecule has 1 heterocycles. The SMILES string of the molecule is O=C(Cn1cnc(C(=O)O)c1)NC1CC1. The molecule has 0 radical (unpaired) electrons. The molecule has 1 saturated carbocycles. The van der Waals surface area contributed by atoms with Gasteiger partial charge in [-0.05, 0) is 12.8 Å². The molecular formula is C9H11N3O3. The van der Waals surface area contributed by atoms with Gasteiger partial charge >= 0.3 is 5.97 Å². The van der Waals surface area contributed by atoms with Crippen LogP contribution in [0.2, 0.25) is 0 Å². The molecule has 1 amide bonds. The zero-order valence-electron chi connectivity index (χ0n) is 8.01. The Morgan fingerprint density at radius 3 is 2.87 bits per heavy atom. The molecule has 2 N–H and O–H groups in total. The maximum Gasteiger partial charge on any atom is 0.356 e. The minimum atomic E-state index is -1.09. The van der Waals surface area contributed by atoms with Gasteiger partial charge in [-0.2, -0.15) is 0 Å². The highest BCUT2D eigenvalue weighted by Gasteiger charge is 2.23. The molecule has 1 aliphatic carbocycles. The van der Waals surface area contributed by atoms with E-state index in [2.05, 4.69) is 10.3 Å². The first kappa shape index (κ1) is 9.70. The monoisotopic (exact) mass is 209 g/mol. The van der Waals surface area contributed by atoms with Crippen molar-refractivity contribution in [3.05, 3.63) is 18.2 Å². The topological polar surface area (TPSA) is 84.2 Å². The van der Waals surface area contributed by atoms with Crippen LogP contribution in [0.1, 0.15) is 23.3 Å². The number of carbonyl (C=O) groups is 2. The number of carbonyl (C=O) groups excluding carboxylic acids is 1. The van der Waals surface area contributed by atoms with E-state index in [1.54, 1.807) is 0 Å². The molecular weight excluding hydrogens is 198 g/mol. The molecule has 2 rings (SSSR count). The highest BCUT2D eigenvalue weighted by Crippen LogP contribution is 2.18. The molecule has 1 aliphatic rings. The van der Waals surface area contributed by atoms with Gasteiger partial charge in [0.1, 0.15) is 6.54 Å². The number of hydrogen-bond acceptors (Lipinski definition) is 3. The maximum atomic E-state index is 11.3. The van der Waals surface area contributed by atoms with Gasteiger partial charge in [-0.15, -0.1) is 0 Å². The van der Waals surface area contributed by atoms with Crippen LogP contribution in [0.4, 0.5) is 0 Å². The summed E-state index contributed by atoms with van der Waals surface area (Å²) in [5.41, 5.74) is -0.0470. The fourth-order valence-electron chi connectivity index (χ4n) is 1.22. The van der Waals surface area contributed by atoms with E-state index in [1.807, 2.05) is 0 Å². The second kappa shape index (κ2) is 3.72. The Bertz CT molecular complexity index is 395. The van der Waals surface area contributed by atoms with Gasteiger partial charge < -0.3 is 15.0 Å². The first-order valence-electron chi connectivity index (χ1n) is 4.69. The number of rotatable bonds is 4. The van der Waals surface area contributed by atoms with Crippen molar-refractivity contribution in [3.8, 4) is 0 Å². The Balaban J connectivity index is 1.91. The van der Waals surface area contributed by atoms with Gasteiger partial charge in [-0.25, -0.2) is 9.78 Å². The summed E-state index contributed by atoms with van der Waals surface area (Å²) in [6.07, 6.45) is 4.76. The average Bonchev–Trinajstić information content (AvgIpc) is 2.82. The lowest BCUT2D eigenvalue weighted by molar-refractivity contribution is -0.121. The van der Waals surface area contributed by atoms with E-state index >= 15 is 0 Å². The molecule has 0 atom stereocenters. The van der Waals surface area contributed by atoms with Gasteiger partial charge in [0.05, 0.1) is 6.33 Å². The van der Waals surface area contributed by atoms with Crippen molar-refractivity contribution in [1.82, 2.24) is 14.9 Å². The molecule has 6 heteroatoms. The van der Waals surface area contributed by atoms with Gasteiger partial charge in [-0.1, -0.05) is 0 Å². The predicted octanol–water partition coefficient (Wildman–Crippen LogP) is -0.140. The van der Waals surface area contributed by atoms with Crippen LogP contribution >= 0.6 is 0 Å². The maximum absolute atomic E-state index is 11.3. The van der Waals surface area contributed by atoms with Gasteiger partial charge in [-0.3, -0.25) is 4.79 Å². The van der Waals surface area contributed by atoms with E-state index < -0.39 is 5.97 Å². The predicted molar refractivity (Wildman–Crippen MR) is 50.4 cm³/mol. The lowest BCUT2D eigenvalue weighted by Gasteiger charge is -2.02. The lowest BCUT2D eigenvalue weighted by Crippen LogP contribution is -2.28. The van der Waals surface area contributed by atoms with Crippen molar-refractivity contribution in [2.45, 2.75) is 25.4 Å². The Morgan fingerprint density at radius 2 is 2.33 bits per heavy atom. The van der Waals surface area contributed by atoms with Gasteiger partial charge in [0.15, 0.2) is 5.69 Å². The molecule has 1 fully saturated rings. The van der Waals surface area contributed by atoms with E-state index in [1.165, 1.54) is 17.1 Å². The quantitative estimate of drug-likeness (QED) is 0.722. The van der Waals surface area contributed by atoms with Crippen LogP contribution in [-0.4, -0.2) is 32.6 Å². The van der Waals surface area contributed by atoms with Gasteiger partial charge in [0.25, 0.3) is 0 Å². The van der Waals surface area contributed by atoms with Crippen LogP contribution in [0.25, 0.3) is 0 Å². The van der Waals surface area contributed by atoms with E-state index in [0.29, 0.717) is 6.04 Å². The second-order valence-electron chi connectivity index (χ2n) is 3.58. The van der Waals surface area contributed by atoms with Crippen molar-refractivity contribution in [2.75, 3.05) is 0 Å². The summed E-state index contributed by atoms with van der Waals surface area (Å²) < 4.78 is 1.46. The standard InChI is InChI=1S/C9H11N3O3/c13-8(11-6-1-2-6)4-12-3-7(9(14)15)10-5-12/h3,5-6H,1-2,4H2,(H,11,13)(H,14,15). The van der Waals surface area contributed by atoms with Crippen LogP contribution in [0.3, 0.4) is 0 Å². The van der Waals surface area contributed by atoms with Crippen LogP contribution in [0, 0.1) is 0 Å². The first-order chi connectivity index (χ1) is 7.15. The van der Waals surface area contributed by atoms with Crippen LogP contribution < -0.4 is 5.32 Å². The zero-order chi connectivity index (χ0) is 10.8. The number of aromatic nitrogens is 2. The van der Waals surface area contributed by atoms with Gasteiger partial charge in [0, 0.05) is 12.2 Å². The molecule has 15 heavy (non-hydrogen) atoms. The third-order valence-electron chi connectivity index (χ3n) is 2.12. The normalized spacial score (nSPS) is 14.9. The van der Waals surface area contributed by atoms with E-state index in [9.17, 15) is 9.59 Å². The summed E-state index contributed by atoms with van der Waals surface area (Å²) in [5, 5.41) is 11.4. The molecule has 1 aromatic heterocycles. The number of imidazole rings is 1. The third kappa shape index (κ3) is 2.55. The molecule has 0 aliphatic heterocycles. The highest BCUT2D eigenvalue weighted by atomic mass is 16.4. The number of hydrogen-bond donors (Lipinski definition) is 2. The van der Waals surface area contributed by atoms with E-state index in [4.69, 9.17) is 5.11 Å². The van der Waals surface area contributed by atoms with Crippen molar-refractivity contribution in [3.63, 3.8) is 0 Å². The number of aromatic carboxylic acids is 1. The summed E-state index contributed by atoms with van der Waals surface area (Å²) in [7, 11) is 0. The summed E-state index contributed by atoms with van der Waals surface area (Å²) >= 11 is 0. The smallest absolute Gasteiger partial charge is 0.356 e. The Labute approximate surface area is 85.9 Å². The Morgan fingerprint density at radius 1 is 1.60 bits per heavy atom. The fraction of sp³-hybridized carbons (Fsp3) is 0.444. The number of amides is 1. The van der Waals surface area contributed by atoms with Crippen LogP contribution in [0.15, 0.2) is 12.5 Å². The third-order valence-corrected chi connectivity index (χ3v) is 2.12. The van der Waals surface area contributed by atoms with E-state index in [-0.39, 0.29) is 18.1 Å². The summed E-state index contributed by atoms with van der Waals surface area (Å²) in [6.45, 7) is 0.122. The van der Waals surface area contributed by atoms with Crippen LogP contribution in [0.5, 0.6) is 0 Å². The van der Waals surface area contributed by atoms with Crippen LogP contribution in [-0.2, 0) is 11.3 Å². The number of nitrogens with zero attached hydrogens (tertiary/aromatic N) is 2. The minimum Gasteiger partial charge on any atom is -0.476 e. The molecule has 80 valence electrons. The summed E-state index contributed by atoms with van der Waals surface area (Å²) in [5.74, 6) is -1.19. The molecule has 0 aromatic carbocycles. The number of nitrogens with one attached hydrogen (secondary N) is 1. The molecule has 0 spiro atoms. The summed E-state index contributed by atoms with van der Waals surface area (Å²) in [4.78, 5) is 25.5. The van der Waals surface area contributed by atoms with Crippen molar-refractivity contribution < 1.29 is 14.7 Å². The highest BCUT2D eigenvalue weighted by molar-refractivity contribution is 5.85. The molecule has 0 bridgehead atoms. The molecule has 1 aromatic rings. The second-order valence-corrected chi connectivity index (χ2v) is 3.58. The Hall–Kier alpha value is -1.85. The largest absolute Gasteiger partial charge is 0.476 e. The average molecular weight is 209 g/mol. The van der Waals surface area contributed by atoms with Crippen molar-refractivity contribution in [2.24, 2.45) is 0 Å². The molecule has 6 nitrogen and oxygen atoms in total. The first-order valence-corrected chi connectivity index (χ1v) is 4.69. The van der Waals surface area contributed by atoms with Crippen molar-refractivity contribution in [1.29, 1.82) is 0 Å².